The molecule has 7 nitrogen and oxygen atoms in total. The number of rotatable bonds is 12. The van der Waals surface area contributed by atoms with Gasteiger partial charge in [-0.15, -0.1) is 11.8 Å². The number of aliphatic carboxylic acids is 1. The second-order valence-electron chi connectivity index (χ2n) is 7.02. The second-order valence-corrected chi connectivity index (χ2v) is 7.02. The summed E-state index contributed by atoms with van der Waals surface area (Å²) in [6.45, 7) is 1.91. The van der Waals surface area contributed by atoms with E-state index in [-0.39, 0.29) is 31.5 Å². The van der Waals surface area contributed by atoms with Crippen molar-refractivity contribution in [1.29, 1.82) is 0 Å². The lowest BCUT2D eigenvalue weighted by Crippen LogP contribution is -2.18. The van der Waals surface area contributed by atoms with Gasteiger partial charge in [-0.1, -0.05) is 0 Å². The van der Waals surface area contributed by atoms with Crippen molar-refractivity contribution in [3.8, 4) is 29.1 Å². The van der Waals surface area contributed by atoms with Crippen LogP contribution in [0.25, 0.3) is 0 Å². The Kier molecular flexibility index (Phi) is 9.32. The van der Waals surface area contributed by atoms with Gasteiger partial charge in [-0.25, -0.2) is 0 Å². The fourth-order valence-corrected chi connectivity index (χ4v) is 2.90. The van der Waals surface area contributed by atoms with Crippen LogP contribution in [0.5, 0.6) is 17.2 Å². The molecule has 29 heavy (non-hydrogen) atoms. The molecule has 0 fully saturated rings. The maximum atomic E-state index is 11.8. The zero-order chi connectivity index (χ0) is 21.1. The van der Waals surface area contributed by atoms with Crippen molar-refractivity contribution in [2.45, 2.75) is 58.0 Å². The van der Waals surface area contributed by atoms with Crippen LogP contribution >= 0.6 is 0 Å². The molecule has 1 aliphatic rings. The van der Waals surface area contributed by atoms with Gasteiger partial charge in [0.15, 0.2) is 11.5 Å². The number of aliphatic hydroxyl groups excluding tert-OH is 1. The third-order valence-corrected chi connectivity index (χ3v) is 4.62. The molecule has 0 radical (unpaired) electrons. The number of hydrogen-bond donors (Lipinski definition) is 2. The van der Waals surface area contributed by atoms with E-state index in [4.69, 9.17) is 19.3 Å². The van der Waals surface area contributed by atoms with Gasteiger partial charge in [0.1, 0.15) is 18.1 Å². The zero-order valence-electron chi connectivity index (χ0n) is 16.7. The average molecular weight is 404 g/mol. The van der Waals surface area contributed by atoms with Crippen LogP contribution in [0.1, 0.15) is 51.9 Å². The first kappa shape index (κ1) is 22.6. The quantitative estimate of drug-likeness (QED) is 0.407. The van der Waals surface area contributed by atoms with Gasteiger partial charge in [0.05, 0.1) is 6.10 Å². The van der Waals surface area contributed by atoms with E-state index < -0.39 is 12.1 Å². The van der Waals surface area contributed by atoms with Crippen molar-refractivity contribution in [1.82, 2.24) is 0 Å². The number of hydrogen-bond acceptors (Lipinski definition) is 6. The Labute approximate surface area is 171 Å². The molecule has 158 valence electrons. The molecule has 0 bridgehead atoms. The van der Waals surface area contributed by atoms with Crippen LogP contribution in [0.2, 0.25) is 0 Å². The Bertz CT molecular complexity index is 747. The number of carbonyl (C=O) groups is 2. The van der Waals surface area contributed by atoms with Gasteiger partial charge in [-0.05, 0) is 44.7 Å². The first-order chi connectivity index (χ1) is 14.0. The minimum Gasteiger partial charge on any atom is -0.491 e. The summed E-state index contributed by atoms with van der Waals surface area (Å²) in [5, 5.41) is 18.7. The molecule has 0 amide bonds. The number of benzene rings is 1. The summed E-state index contributed by atoms with van der Waals surface area (Å²) >= 11 is 0. The predicted molar refractivity (Wildman–Crippen MR) is 106 cm³/mol. The fraction of sp³-hybridized carbons (Fsp3) is 0.545. The van der Waals surface area contributed by atoms with E-state index in [0.717, 1.165) is 0 Å². The van der Waals surface area contributed by atoms with Crippen LogP contribution in [0.4, 0.5) is 0 Å². The summed E-state index contributed by atoms with van der Waals surface area (Å²) in [5.41, 5.74) is 0. The van der Waals surface area contributed by atoms with Gasteiger partial charge in [-0.2, -0.15) is 0 Å². The minimum atomic E-state index is -0.825. The number of unbranched alkanes of at least 4 members (excludes halogenated alkanes) is 1. The average Bonchev–Trinajstić information content (AvgIpc) is 3.15. The standard InChI is InChI=1S/C22H28O7/c1-16(23)17(7-4-2-3-5-10-22(25)26)8-6-9-18(24)14-27-19-11-12-20-21(13-19)29-15-28-20/h11-13,17-18,24H,3,5-10,14-15H2,1H3,(H,25,26). The highest BCUT2D eigenvalue weighted by Crippen LogP contribution is 2.35. The van der Waals surface area contributed by atoms with E-state index in [9.17, 15) is 14.7 Å². The number of fused-ring (bicyclic) bond motifs is 1. The predicted octanol–water partition coefficient (Wildman–Crippen LogP) is 3.18. The summed E-state index contributed by atoms with van der Waals surface area (Å²) in [6.07, 6.45) is 2.85. The summed E-state index contributed by atoms with van der Waals surface area (Å²) < 4.78 is 16.1. The van der Waals surface area contributed by atoms with Gasteiger partial charge in [0.25, 0.3) is 0 Å². The molecular formula is C22H28O7. The monoisotopic (exact) mass is 404 g/mol. The summed E-state index contributed by atoms with van der Waals surface area (Å²) in [5.74, 6) is 6.91. The first-order valence-electron chi connectivity index (χ1n) is 9.84. The molecule has 1 aliphatic heterocycles. The Morgan fingerprint density at radius 3 is 2.72 bits per heavy atom. The van der Waals surface area contributed by atoms with Gasteiger partial charge < -0.3 is 24.4 Å². The number of aliphatic hydroxyl groups is 1. The molecule has 2 N–H and O–H groups in total. The number of carbonyl (C=O) groups excluding carboxylic acids is 1. The molecule has 2 unspecified atom stereocenters. The zero-order valence-corrected chi connectivity index (χ0v) is 16.7. The van der Waals surface area contributed by atoms with Crippen LogP contribution < -0.4 is 14.2 Å². The van der Waals surface area contributed by atoms with E-state index >= 15 is 0 Å². The molecule has 0 saturated carbocycles. The summed E-state index contributed by atoms with van der Waals surface area (Å²) in [4.78, 5) is 22.2. The number of Topliss-reactive ketones (excluding diaryl/α,β-unsaturated/α-hetero) is 1. The molecule has 1 aromatic rings. The van der Waals surface area contributed by atoms with Crippen LogP contribution in [-0.2, 0) is 9.59 Å². The highest BCUT2D eigenvalue weighted by molar-refractivity contribution is 5.78. The highest BCUT2D eigenvalue weighted by atomic mass is 16.7. The smallest absolute Gasteiger partial charge is 0.303 e. The van der Waals surface area contributed by atoms with Crippen molar-refractivity contribution in [2.24, 2.45) is 5.92 Å². The lowest BCUT2D eigenvalue weighted by atomic mass is 9.94. The Hall–Kier alpha value is -2.72. The van der Waals surface area contributed by atoms with Crippen molar-refractivity contribution in [3.05, 3.63) is 18.2 Å². The number of carboxylic acid groups (broad SMARTS) is 1. The van der Waals surface area contributed by atoms with Crippen LogP contribution in [0, 0.1) is 17.8 Å². The Morgan fingerprint density at radius 2 is 1.97 bits per heavy atom. The maximum absolute atomic E-state index is 11.8. The normalized spacial score (nSPS) is 13.9. The van der Waals surface area contributed by atoms with Gasteiger partial charge >= 0.3 is 5.97 Å². The first-order valence-corrected chi connectivity index (χ1v) is 9.84. The van der Waals surface area contributed by atoms with Crippen LogP contribution in [0.3, 0.4) is 0 Å². The molecule has 0 aliphatic carbocycles. The lowest BCUT2D eigenvalue weighted by molar-refractivity contribution is -0.137. The molecule has 1 aromatic carbocycles. The molecule has 0 aromatic heterocycles. The van der Waals surface area contributed by atoms with E-state index in [0.29, 0.717) is 55.8 Å². The summed E-state index contributed by atoms with van der Waals surface area (Å²) in [7, 11) is 0. The van der Waals surface area contributed by atoms with Crippen LogP contribution in [-0.4, -0.2) is 41.5 Å². The molecular weight excluding hydrogens is 376 g/mol. The summed E-state index contributed by atoms with van der Waals surface area (Å²) in [6, 6.07) is 5.27. The SMILES string of the molecule is CC(=O)C(CC#CCCCC(=O)O)CCCC(O)COc1ccc2c(c1)OCO2. The minimum absolute atomic E-state index is 0.0796. The highest BCUT2D eigenvalue weighted by Gasteiger charge is 2.16. The van der Waals surface area contributed by atoms with E-state index in [2.05, 4.69) is 11.8 Å². The van der Waals surface area contributed by atoms with E-state index in [1.807, 2.05) is 0 Å². The van der Waals surface area contributed by atoms with Crippen molar-refractivity contribution in [3.63, 3.8) is 0 Å². The second kappa shape index (κ2) is 12.0. The fourth-order valence-electron chi connectivity index (χ4n) is 2.90. The topological polar surface area (TPSA) is 102 Å². The van der Waals surface area contributed by atoms with Crippen LogP contribution in [0.15, 0.2) is 18.2 Å². The number of ketones is 1. The third kappa shape index (κ3) is 8.44. The lowest BCUT2D eigenvalue weighted by Gasteiger charge is -2.14. The molecule has 1 heterocycles. The van der Waals surface area contributed by atoms with E-state index in [1.54, 1.807) is 25.1 Å². The van der Waals surface area contributed by atoms with Gasteiger partial charge in [0, 0.05) is 31.2 Å². The molecule has 0 spiro atoms. The maximum Gasteiger partial charge on any atom is 0.303 e. The Morgan fingerprint density at radius 1 is 1.17 bits per heavy atom. The Balaban J connectivity index is 1.64. The molecule has 2 rings (SSSR count). The number of carboxylic acids is 1. The molecule has 0 saturated heterocycles. The largest absolute Gasteiger partial charge is 0.491 e. The third-order valence-electron chi connectivity index (χ3n) is 4.62. The number of ether oxygens (including phenoxy) is 3. The molecule has 2 atom stereocenters. The molecule has 7 heteroatoms. The van der Waals surface area contributed by atoms with Gasteiger partial charge in [-0.3, -0.25) is 9.59 Å². The van der Waals surface area contributed by atoms with Crippen molar-refractivity contribution >= 4 is 11.8 Å². The van der Waals surface area contributed by atoms with Crippen molar-refractivity contribution < 1.29 is 34.0 Å². The van der Waals surface area contributed by atoms with Gasteiger partial charge in [0.2, 0.25) is 6.79 Å². The van der Waals surface area contributed by atoms with E-state index in [1.165, 1.54) is 0 Å². The van der Waals surface area contributed by atoms with Crippen molar-refractivity contribution in [2.75, 3.05) is 13.4 Å².